The summed E-state index contributed by atoms with van der Waals surface area (Å²) in [4.78, 5) is 0. The van der Waals surface area contributed by atoms with Crippen LogP contribution in [0.25, 0.3) is 0 Å². The molecule has 1 rings (SSSR count). The Morgan fingerprint density at radius 1 is 1.82 bits per heavy atom. The van der Waals surface area contributed by atoms with E-state index in [4.69, 9.17) is 9.05 Å². The zero-order valence-corrected chi connectivity index (χ0v) is 9.51. The van der Waals surface area contributed by atoms with Gasteiger partial charge in [-0.15, -0.1) is 0 Å². The first-order valence-electron chi connectivity index (χ1n) is 3.59. The predicted molar refractivity (Wildman–Crippen MR) is 52.5 cm³/mol. The van der Waals surface area contributed by atoms with Gasteiger partial charge in [-0.2, -0.15) is 0 Å². The zero-order valence-electron chi connectivity index (χ0n) is 6.46. The molecule has 0 aromatic heterocycles. The molecule has 1 aliphatic heterocycles. The Morgan fingerprint density at radius 3 is 3.09 bits per heavy atom. The van der Waals surface area contributed by atoms with Crippen LogP contribution in [0.15, 0.2) is 0 Å². The molecule has 0 spiro atoms. The molecule has 3 nitrogen and oxygen atoms in total. The minimum absolute atomic E-state index is 0.134. The van der Waals surface area contributed by atoms with E-state index in [1.54, 1.807) is 0 Å². The maximum Gasteiger partial charge on any atom is 0.330 e. The van der Waals surface area contributed by atoms with Crippen molar-refractivity contribution in [2.45, 2.75) is 18.9 Å². The molecule has 11 heavy (non-hydrogen) atoms. The Bertz CT molecular complexity index is 173. The third kappa shape index (κ3) is 2.68. The molecule has 1 aliphatic rings. The second-order valence-corrected chi connectivity index (χ2v) is 5.67. The van der Waals surface area contributed by atoms with Crippen molar-refractivity contribution in [3.63, 3.8) is 0 Å². The number of rotatable bonds is 2. The summed E-state index contributed by atoms with van der Waals surface area (Å²) in [5, 5.41) is 0. The molecule has 0 radical (unpaired) electrons. The summed E-state index contributed by atoms with van der Waals surface area (Å²) < 4.78 is 22.6. The highest BCUT2D eigenvalue weighted by molar-refractivity contribution is 14.1. The number of halogens is 1. The van der Waals surface area contributed by atoms with Crippen molar-refractivity contribution in [3.8, 4) is 0 Å². The van der Waals surface area contributed by atoms with Gasteiger partial charge in [0, 0.05) is 11.5 Å². The van der Waals surface area contributed by atoms with Gasteiger partial charge in [0.25, 0.3) is 0 Å². The van der Waals surface area contributed by atoms with Crippen LogP contribution in [-0.4, -0.2) is 23.8 Å². The normalized spacial score (nSPS) is 38.9. The smallest absolute Gasteiger partial charge is 0.312 e. The number of alkyl halides is 1. The van der Waals surface area contributed by atoms with Crippen LogP contribution in [0.5, 0.6) is 0 Å². The molecule has 0 saturated carbocycles. The summed E-state index contributed by atoms with van der Waals surface area (Å²) in [5.41, 5.74) is 0. The van der Waals surface area contributed by atoms with Crippen LogP contribution >= 0.6 is 30.2 Å². The molecular weight excluding hydrogens is 278 g/mol. The monoisotopic (exact) mass is 290 g/mol. The molecule has 66 valence electrons. The molecular formula is C6H12IO3P. The Labute approximate surface area is 80.5 Å². The lowest BCUT2D eigenvalue weighted by Crippen LogP contribution is -2.20. The second kappa shape index (κ2) is 4.21. The van der Waals surface area contributed by atoms with Crippen LogP contribution in [0.3, 0.4) is 0 Å². The van der Waals surface area contributed by atoms with Gasteiger partial charge in [0.15, 0.2) is 0 Å². The summed E-state index contributed by atoms with van der Waals surface area (Å²) in [6.45, 7) is 0. The van der Waals surface area contributed by atoms with Crippen molar-refractivity contribution in [3.05, 3.63) is 0 Å². The molecule has 1 heterocycles. The third-order valence-corrected chi connectivity index (χ3v) is 4.74. The van der Waals surface area contributed by atoms with Crippen LogP contribution in [0, 0.1) is 0 Å². The molecule has 1 saturated heterocycles. The Balaban J connectivity index is 2.52. The summed E-state index contributed by atoms with van der Waals surface area (Å²) in [6, 6.07) is 0. The van der Waals surface area contributed by atoms with Gasteiger partial charge in [-0.05, 0) is 12.8 Å². The lowest BCUT2D eigenvalue weighted by molar-refractivity contribution is 0.154. The molecule has 2 atom stereocenters. The third-order valence-electron chi connectivity index (χ3n) is 1.72. The number of hydrogen-bond donors (Lipinski definition) is 0. The largest absolute Gasteiger partial charge is 0.330 e. The van der Waals surface area contributed by atoms with Crippen molar-refractivity contribution < 1.29 is 13.6 Å². The van der Waals surface area contributed by atoms with E-state index in [-0.39, 0.29) is 6.10 Å². The molecule has 0 amide bonds. The van der Waals surface area contributed by atoms with Gasteiger partial charge in [0.05, 0.1) is 12.3 Å². The van der Waals surface area contributed by atoms with E-state index in [2.05, 4.69) is 22.6 Å². The van der Waals surface area contributed by atoms with Crippen molar-refractivity contribution >= 4 is 30.2 Å². The highest BCUT2D eigenvalue weighted by Gasteiger charge is 2.31. The van der Waals surface area contributed by atoms with Gasteiger partial charge in [-0.1, -0.05) is 22.6 Å². The molecule has 0 aliphatic carbocycles. The molecule has 5 heteroatoms. The minimum atomic E-state index is -2.67. The van der Waals surface area contributed by atoms with Gasteiger partial charge in [0.2, 0.25) is 0 Å². The fourth-order valence-electron chi connectivity index (χ4n) is 1.08. The molecule has 0 bridgehead atoms. The van der Waals surface area contributed by atoms with Crippen molar-refractivity contribution in [1.82, 2.24) is 0 Å². The van der Waals surface area contributed by atoms with Crippen molar-refractivity contribution in [2.24, 2.45) is 0 Å². The molecule has 2 unspecified atom stereocenters. The first-order chi connectivity index (χ1) is 5.20. The van der Waals surface area contributed by atoms with E-state index < -0.39 is 7.60 Å². The fourth-order valence-corrected chi connectivity index (χ4v) is 3.57. The van der Waals surface area contributed by atoms with Crippen LogP contribution in [0.1, 0.15) is 12.8 Å². The van der Waals surface area contributed by atoms with Gasteiger partial charge in [0.1, 0.15) is 0 Å². The highest BCUT2D eigenvalue weighted by atomic mass is 127. The van der Waals surface area contributed by atoms with E-state index >= 15 is 0 Å². The Kier molecular flexibility index (Phi) is 3.81. The molecule has 0 aromatic rings. The van der Waals surface area contributed by atoms with Crippen molar-refractivity contribution in [2.75, 3.05) is 17.7 Å². The van der Waals surface area contributed by atoms with Crippen LogP contribution in [-0.2, 0) is 13.6 Å². The average molecular weight is 290 g/mol. The first kappa shape index (κ1) is 9.96. The molecule has 0 aromatic carbocycles. The fraction of sp³-hybridized carbons (Fsp3) is 1.00. The van der Waals surface area contributed by atoms with E-state index in [0.29, 0.717) is 6.16 Å². The lowest BCUT2D eigenvalue weighted by atomic mass is 10.2. The maximum atomic E-state index is 11.5. The zero-order chi connectivity index (χ0) is 8.32. The van der Waals surface area contributed by atoms with Gasteiger partial charge in [-0.3, -0.25) is 4.57 Å². The summed E-state index contributed by atoms with van der Waals surface area (Å²) in [7, 11) is -1.22. The van der Waals surface area contributed by atoms with Crippen molar-refractivity contribution in [1.29, 1.82) is 0 Å². The van der Waals surface area contributed by atoms with E-state index in [1.165, 1.54) is 7.11 Å². The van der Waals surface area contributed by atoms with Crippen LogP contribution < -0.4 is 0 Å². The Morgan fingerprint density at radius 2 is 2.55 bits per heavy atom. The highest BCUT2D eigenvalue weighted by Crippen LogP contribution is 2.52. The van der Waals surface area contributed by atoms with Gasteiger partial charge in [-0.25, -0.2) is 0 Å². The second-order valence-electron chi connectivity index (χ2n) is 2.54. The topological polar surface area (TPSA) is 35.5 Å². The summed E-state index contributed by atoms with van der Waals surface area (Å²) >= 11 is 2.24. The number of hydrogen-bond acceptors (Lipinski definition) is 3. The maximum absolute atomic E-state index is 11.5. The van der Waals surface area contributed by atoms with Gasteiger partial charge >= 0.3 is 7.60 Å². The van der Waals surface area contributed by atoms with E-state index in [9.17, 15) is 4.57 Å². The minimum Gasteiger partial charge on any atom is -0.312 e. The lowest BCUT2D eigenvalue weighted by Gasteiger charge is -2.27. The van der Waals surface area contributed by atoms with Gasteiger partial charge < -0.3 is 9.05 Å². The first-order valence-corrected chi connectivity index (χ1v) is 6.85. The standard InChI is InChI=1S/C6H12IO3P/c1-9-11(8)4-2-3-6(5-7)10-11/h6H,2-5H2,1H3. The molecule has 1 fully saturated rings. The Hall–Kier alpha value is 0.880. The quantitative estimate of drug-likeness (QED) is 0.445. The predicted octanol–water partition coefficient (Wildman–Crippen LogP) is 2.44. The summed E-state index contributed by atoms with van der Waals surface area (Å²) in [6.07, 6.45) is 2.68. The average Bonchev–Trinajstić information content (AvgIpc) is 2.05. The SMILES string of the molecule is COP1(=O)CCCC(CI)O1. The molecule has 0 N–H and O–H groups in total. The van der Waals surface area contributed by atoms with Crippen LogP contribution in [0.4, 0.5) is 0 Å². The summed E-state index contributed by atoms with van der Waals surface area (Å²) in [5.74, 6) is 0. The van der Waals surface area contributed by atoms with Crippen LogP contribution in [0.2, 0.25) is 0 Å². The van der Waals surface area contributed by atoms with E-state index in [0.717, 1.165) is 17.3 Å². The van der Waals surface area contributed by atoms with E-state index in [1.807, 2.05) is 0 Å².